The zero-order valence-corrected chi connectivity index (χ0v) is 18.5. The quantitative estimate of drug-likeness (QED) is 0.502. The molecule has 158 valence electrons. The first-order valence-corrected chi connectivity index (χ1v) is 10.5. The third-order valence-electron chi connectivity index (χ3n) is 6.08. The number of aryl methyl sites for hydroxylation is 1. The van der Waals surface area contributed by atoms with E-state index in [2.05, 4.69) is 54.3 Å². The standard InChI is InChI=1S/C25H33NO2.ClH/c1-3-28-20-25(14-13-22-7-5-4-6-8-22)15-17-26(18-16-25)19-23-9-11-24(12-10-23)21(2)27;/h4-12H,3,13-20H2,1-2H3;1H. The van der Waals surface area contributed by atoms with Crippen molar-refractivity contribution < 1.29 is 9.53 Å². The molecule has 0 aliphatic carbocycles. The van der Waals surface area contributed by atoms with Crippen molar-refractivity contribution in [1.82, 2.24) is 4.90 Å². The van der Waals surface area contributed by atoms with Gasteiger partial charge in [-0.15, -0.1) is 12.4 Å². The zero-order chi connectivity index (χ0) is 19.8. The molecule has 29 heavy (non-hydrogen) atoms. The first-order valence-electron chi connectivity index (χ1n) is 10.5. The van der Waals surface area contributed by atoms with Gasteiger partial charge >= 0.3 is 0 Å². The van der Waals surface area contributed by atoms with Crippen LogP contribution in [0.5, 0.6) is 0 Å². The van der Waals surface area contributed by atoms with Gasteiger partial charge in [-0.1, -0.05) is 54.6 Å². The van der Waals surface area contributed by atoms with Gasteiger partial charge in [0.05, 0.1) is 6.61 Å². The number of halogens is 1. The topological polar surface area (TPSA) is 29.5 Å². The Morgan fingerprint density at radius 3 is 2.24 bits per heavy atom. The van der Waals surface area contributed by atoms with Crippen LogP contribution in [0.25, 0.3) is 0 Å². The number of hydrogen-bond acceptors (Lipinski definition) is 3. The molecule has 4 heteroatoms. The van der Waals surface area contributed by atoms with Gasteiger partial charge in [-0.3, -0.25) is 9.69 Å². The monoisotopic (exact) mass is 415 g/mol. The van der Waals surface area contributed by atoms with Gasteiger partial charge < -0.3 is 4.74 Å². The van der Waals surface area contributed by atoms with Gasteiger partial charge in [0.1, 0.15) is 0 Å². The maximum Gasteiger partial charge on any atom is 0.159 e. The minimum Gasteiger partial charge on any atom is -0.381 e. The molecule has 1 saturated heterocycles. The maximum absolute atomic E-state index is 11.4. The van der Waals surface area contributed by atoms with Gasteiger partial charge in [0.15, 0.2) is 5.78 Å². The second kappa shape index (κ2) is 11.5. The predicted molar refractivity (Wildman–Crippen MR) is 122 cm³/mol. The molecule has 0 amide bonds. The Kier molecular flexibility index (Phi) is 9.35. The van der Waals surface area contributed by atoms with Crippen molar-refractivity contribution in [3.63, 3.8) is 0 Å². The number of piperidine rings is 1. The van der Waals surface area contributed by atoms with Crippen molar-refractivity contribution in [3.05, 3.63) is 71.3 Å². The highest BCUT2D eigenvalue weighted by atomic mass is 35.5. The lowest BCUT2D eigenvalue weighted by Gasteiger charge is -2.42. The van der Waals surface area contributed by atoms with Crippen molar-refractivity contribution in [3.8, 4) is 0 Å². The fourth-order valence-corrected chi connectivity index (χ4v) is 4.13. The molecule has 0 bridgehead atoms. The number of rotatable bonds is 9. The molecule has 3 rings (SSSR count). The highest BCUT2D eigenvalue weighted by molar-refractivity contribution is 5.94. The van der Waals surface area contributed by atoms with Crippen molar-refractivity contribution in [1.29, 1.82) is 0 Å². The highest BCUT2D eigenvalue weighted by Gasteiger charge is 2.34. The van der Waals surface area contributed by atoms with E-state index in [0.29, 0.717) is 5.41 Å². The molecule has 0 saturated carbocycles. The summed E-state index contributed by atoms with van der Waals surface area (Å²) in [5.74, 6) is 0.128. The number of benzene rings is 2. The summed E-state index contributed by atoms with van der Waals surface area (Å²) >= 11 is 0. The zero-order valence-electron chi connectivity index (χ0n) is 17.7. The van der Waals surface area contributed by atoms with E-state index in [0.717, 1.165) is 44.8 Å². The van der Waals surface area contributed by atoms with Crippen LogP contribution < -0.4 is 0 Å². The Morgan fingerprint density at radius 1 is 1.00 bits per heavy atom. The smallest absolute Gasteiger partial charge is 0.159 e. The van der Waals surface area contributed by atoms with Crippen LogP contribution in [0.15, 0.2) is 54.6 Å². The average Bonchev–Trinajstić information content (AvgIpc) is 2.73. The molecule has 0 aromatic heterocycles. The molecule has 0 radical (unpaired) electrons. The largest absolute Gasteiger partial charge is 0.381 e. The Labute approximate surface area is 181 Å². The Morgan fingerprint density at radius 2 is 1.66 bits per heavy atom. The molecule has 0 unspecified atom stereocenters. The Bertz CT molecular complexity index is 737. The van der Waals surface area contributed by atoms with E-state index in [1.54, 1.807) is 6.92 Å². The van der Waals surface area contributed by atoms with Crippen molar-refractivity contribution >= 4 is 18.2 Å². The summed E-state index contributed by atoms with van der Waals surface area (Å²) in [4.78, 5) is 14.0. The number of nitrogens with zero attached hydrogens (tertiary/aromatic N) is 1. The van der Waals surface area contributed by atoms with Crippen LogP contribution in [0.2, 0.25) is 0 Å². The van der Waals surface area contributed by atoms with E-state index in [9.17, 15) is 4.79 Å². The molecule has 2 aromatic rings. The number of ether oxygens (including phenoxy) is 1. The number of likely N-dealkylation sites (tertiary alicyclic amines) is 1. The molecule has 1 aliphatic heterocycles. The van der Waals surface area contributed by atoms with Gasteiger partial charge in [0.2, 0.25) is 0 Å². The third-order valence-corrected chi connectivity index (χ3v) is 6.08. The van der Waals surface area contributed by atoms with Crippen molar-refractivity contribution in [2.24, 2.45) is 5.41 Å². The van der Waals surface area contributed by atoms with Gasteiger partial charge in [0.25, 0.3) is 0 Å². The minimum absolute atomic E-state index is 0. The SMILES string of the molecule is CCOCC1(CCc2ccccc2)CCN(Cc2ccc(C(C)=O)cc2)CC1.Cl. The van der Waals surface area contributed by atoms with Crippen LogP contribution >= 0.6 is 12.4 Å². The molecular formula is C25H34ClNO2. The number of carbonyl (C=O) groups is 1. The van der Waals surface area contributed by atoms with Crippen molar-refractivity contribution in [2.45, 2.75) is 46.1 Å². The Hall–Kier alpha value is -1.68. The van der Waals surface area contributed by atoms with Crippen molar-refractivity contribution in [2.75, 3.05) is 26.3 Å². The molecular weight excluding hydrogens is 382 g/mol. The number of carbonyl (C=O) groups excluding carboxylic acids is 1. The summed E-state index contributed by atoms with van der Waals surface area (Å²) in [5.41, 5.74) is 3.79. The maximum atomic E-state index is 11.4. The molecule has 1 heterocycles. The average molecular weight is 416 g/mol. The lowest BCUT2D eigenvalue weighted by Crippen LogP contribution is -2.42. The van der Waals surface area contributed by atoms with E-state index in [1.807, 2.05) is 12.1 Å². The highest BCUT2D eigenvalue weighted by Crippen LogP contribution is 2.37. The third kappa shape index (κ3) is 6.95. The summed E-state index contributed by atoms with van der Waals surface area (Å²) in [6, 6.07) is 18.9. The van der Waals surface area contributed by atoms with Crippen LogP contribution in [0.1, 0.15) is 54.6 Å². The molecule has 1 fully saturated rings. The lowest BCUT2D eigenvalue weighted by atomic mass is 9.74. The second-order valence-corrected chi connectivity index (χ2v) is 8.15. The minimum atomic E-state index is 0. The normalized spacial score (nSPS) is 16.2. The summed E-state index contributed by atoms with van der Waals surface area (Å²) in [5, 5.41) is 0. The summed E-state index contributed by atoms with van der Waals surface area (Å²) in [7, 11) is 0. The van der Waals surface area contributed by atoms with E-state index < -0.39 is 0 Å². The second-order valence-electron chi connectivity index (χ2n) is 8.15. The van der Waals surface area contributed by atoms with Gasteiger partial charge in [-0.05, 0) is 69.2 Å². The Balaban J connectivity index is 0.00000300. The van der Waals surface area contributed by atoms with E-state index in [4.69, 9.17) is 4.74 Å². The van der Waals surface area contributed by atoms with E-state index in [1.165, 1.54) is 30.4 Å². The summed E-state index contributed by atoms with van der Waals surface area (Å²) in [6.45, 7) is 8.54. The van der Waals surface area contributed by atoms with Crippen LogP contribution in [0, 0.1) is 5.41 Å². The number of hydrogen-bond donors (Lipinski definition) is 0. The summed E-state index contributed by atoms with van der Waals surface area (Å²) < 4.78 is 5.90. The fourth-order valence-electron chi connectivity index (χ4n) is 4.13. The molecule has 2 aromatic carbocycles. The number of ketones is 1. The number of Topliss-reactive ketones (excluding diaryl/α,β-unsaturated/α-hetero) is 1. The van der Waals surface area contributed by atoms with Gasteiger partial charge in [0, 0.05) is 18.7 Å². The lowest BCUT2D eigenvalue weighted by molar-refractivity contribution is -0.00232. The molecule has 0 N–H and O–H groups in total. The molecule has 1 aliphatic rings. The summed E-state index contributed by atoms with van der Waals surface area (Å²) in [6.07, 6.45) is 4.69. The van der Waals surface area contributed by atoms with Gasteiger partial charge in [-0.25, -0.2) is 0 Å². The van der Waals surface area contributed by atoms with Gasteiger partial charge in [-0.2, -0.15) is 0 Å². The van der Waals surface area contributed by atoms with Crippen LogP contribution in [-0.2, 0) is 17.7 Å². The molecule has 0 atom stereocenters. The first-order chi connectivity index (χ1) is 13.6. The van der Waals surface area contributed by atoms with Crippen LogP contribution in [0.3, 0.4) is 0 Å². The molecule has 3 nitrogen and oxygen atoms in total. The van der Waals surface area contributed by atoms with E-state index in [-0.39, 0.29) is 18.2 Å². The van der Waals surface area contributed by atoms with Crippen LogP contribution in [-0.4, -0.2) is 37.0 Å². The predicted octanol–water partition coefficient (Wildman–Crippen LogP) is 5.56. The fraction of sp³-hybridized carbons (Fsp3) is 0.480. The van der Waals surface area contributed by atoms with E-state index >= 15 is 0 Å². The molecule has 0 spiro atoms. The first kappa shape index (κ1) is 23.6. The van der Waals surface area contributed by atoms with Crippen LogP contribution in [0.4, 0.5) is 0 Å².